The van der Waals surface area contributed by atoms with Crippen LogP contribution in [-0.2, 0) is 17.7 Å². The number of aromatic nitrogens is 2. The molecule has 0 atom stereocenters. The minimum Gasteiger partial charge on any atom is -0.461 e. The number of carbonyl (C=O) groups is 1. The molecular formula is C15H18ClN3O2. The summed E-state index contributed by atoms with van der Waals surface area (Å²) in [5.41, 5.74) is 7.31. The second-order valence-electron chi connectivity index (χ2n) is 4.63. The van der Waals surface area contributed by atoms with Crippen molar-refractivity contribution >= 4 is 23.4 Å². The molecule has 0 bridgehead atoms. The fourth-order valence-electron chi connectivity index (χ4n) is 2.00. The van der Waals surface area contributed by atoms with Crippen molar-refractivity contribution in [3.8, 4) is 0 Å². The fourth-order valence-corrected chi connectivity index (χ4v) is 2.13. The van der Waals surface area contributed by atoms with Crippen molar-refractivity contribution in [3.63, 3.8) is 0 Å². The lowest BCUT2D eigenvalue weighted by atomic mass is 10.1. The molecular weight excluding hydrogens is 290 g/mol. The Morgan fingerprint density at radius 2 is 2.10 bits per heavy atom. The lowest BCUT2D eigenvalue weighted by Crippen LogP contribution is -2.08. The van der Waals surface area contributed by atoms with Gasteiger partial charge in [-0.15, -0.1) is 0 Å². The van der Waals surface area contributed by atoms with E-state index in [4.69, 9.17) is 22.1 Å². The molecule has 0 aliphatic heterocycles. The zero-order chi connectivity index (χ0) is 15.2. The van der Waals surface area contributed by atoms with E-state index < -0.39 is 5.97 Å². The highest BCUT2D eigenvalue weighted by atomic mass is 35.5. The van der Waals surface area contributed by atoms with E-state index >= 15 is 0 Å². The second kappa shape index (κ2) is 7.13. The summed E-state index contributed by atoms with van der Waals surface area (Å²) in [5, 5.41) is 4.90. The zero-order valence-corrected chi connectivity index (χ0v) is 12.6. The quantitative estimate of drug-likeness (QED) is 0.833. The molecule has 0 spiro atoms. The third-order valence-corrected chi connectivity index (χ3v) is 3.30. The number of carbonyl (C=O) groups excluding carboxylic acids is 1. The molecule has 0 amide bonds. The van der Waals surface area contributed by atoms with Gasteiger partial charge in [0, 0.05) is 17.6 Å². The van der Waals surface area contributed by atoms with Gasteiger partial charge in [0.15, 0.2) is 5.69 Å². The Kier molecular flexibility index (Phi) is 5.22. The van der Waals surface area contributed by atoms with Crippen molar-refractivity contribution in [1.29, 1.82) is 0 Å². The highest BCUT2D eigenvalue weighted by Crippen LogP contribution is 2.13. The van der Waals surface area contributed by atoms with Crippen molar-refractivity contribution in [1.82, 2.24) is 9.78 Å². The Morgan fingerprint density at radius 1 is 1.38 bits per heavy atom. The molecule has 1 aromatic heterocycles. The molecule has 0 aliphatic carbocycles. The summed E-state index contributed by atoms with van der Waals surface area (Å²) in [6.45, 7) is 2.72. The van der Waals surface area contributed by atoms with Gasteiger partial charge in [-0.2, -0.15) is 5.10 Å². The van der Waals surface area contributed by atoms with Gasteiger partial charge in [0.05, 0.1) is 6.61 Å². The number of benzene rings is 1. The van der Waals surface area contributed by atoms with E-state index in [1.165, 1.54) is 5.56 Å². The van der Waals surface area contributed by atoms with Gasteiger partial charge in [0.25, 0.3) is 0 Å². The lowest BCUT2D eigenvalue weighted by molar-refractivity contribution is 0.0518. The van der Waals surface area contributed by atoms with Crippen LogP contribution in [0.2, 0.25) is 5.02 Å². The monoisotopic (exact) mass is 307 g/mol. The number of halogens is 1. The van der Waals surface area contributed by atoms with Crippen molar-refractivity contribution in [3.05, 3.63) is 46.6 Å². The first-order valence-corrected chi connectivity index (χ1v) is 7.23. The molecule has 6 heteroatoms. The Labute approximate surface area is 128 Å². The third-order valence-electron chi connectivity index (χ3n) is 3.04. The van der Waals surface area contributed by atoms with E-state index in [1.54, 1.807) is 17.7 Å². The largest absolute Gasteiger partial charge is 0.461 e. The summed E-state index contributed by atoms with van der Waals surface area (Å²) >= 11 is 5.85. The van der Waals surface area contributed by atoms with E-state index in [-0.39, 0.29) is 5.69 Å². The topological polar surface area (TPSA) is 70.1 Å². The number of aryl methyl sites for hydroxylation is 2. The number of ether oxygens (including phenoxy) is 1. The van der Waals surface area contributed by atoms with Crippen LogP contribution in [0.15, 0.2) is 30.3 Å². The highest BCUT2D eigenvalue weighted by Gasteiger charge is 2.13. The maximum atomic E-state index is 11.6. The fraction of sp³-hybridized carbons (Fsp3) is 0.333. The first-order chi connectivity index (χ1) is 10.1. The van der Waals surface area contributed by atoms with E-state index in [2.05, 4.69) is 5.10 Å². The highest BCUT2D eigenvalue weighted by molar-refractivity contribution is 6.30. The molecule has 0 radical (unpaired) electrons. The number of hydrogen-bond acceptors (Lipinski definition) is 4. The van der Waals surface area contributed by atoms with Crippen LogP contribution >= 0.6 is 11.6 Å². The summed E-state index contributed by atoms with van der Waals surface area (Å²) in [4.78, 5) is 11.6. The standard InChI is InChI=1S/C15H18ClN3O2/c1-2-21-15(20)13-10-14(17)19(18-13)9-3-4-11-5-7-12(16)8-6-11/h5-8,10H,2-4,9,17H2,1H3. The second-order valence-corrected chi connectivity index (χ2v) is 5.06. The molecule has 21 heavy (non-hydrogen) atoms. The number of nitrogens with two attached hydrogens (primary N) is 1. The molecule has 2 rings (SSSR count). The number of nitrogen functional groups attached to an aromatic ring is 1. The van der Waals surface area contributed by atoms with Crippen LogP contribution in [0.3, 0.4) is 0 Å². The molecule has 0 fully saturated rings. The zero-order valence-electron chi connectivity index (χ0n) is 11.9. The number of esters is 1. The van der Waals surface area contributed by atoms with E-state index in [9.17, 15) is 4.79 Å². The molecule has 5 nitrogen and oxygen atoms in total. The van der Waals surface area contributed by atoms with Gasteiger partial charge >= 0.3 is 5.97 Å². The number of anilines is 1. The number of nitrogens with zero attached hydrogens (tertiary/aromatic N) is 2. The van der Waals surface area contributed by atoms with Gasteiger partial charge in [-0.05, 0) is 37.5 Å². The van der Waals surface area contributed by atoms with Gasteiger partial charge in [-0.1, -0.05) is 23.7 Å². The molecule has 0 saturated carbocycles. The van der Waals surface area contributed by atoms with Crippen molar-refractivity contribution in [2.75, 3.05) is 12.3 Å². The molecule has 0 saturated heterocycles. The van der Waals surface area contributed by atoms with Crippen LogP contribution in [0, 0.1) is 0 Å². The predicted octanol–water partition coefficient (Wildman–Crippen LogP) is 2.93. The average Bonchev–Trinajstić information content (AvgIpc) is 2.83. The normalized spacial score (nSPS) is 10.6. The molecule has 2 aromatic rings. The van der Waals surface area contributed by atoms with Gasteiger partial charge in [-0.3, -0.25) is 0 Å². The maximum absolute atomic E-state index is 11.6. The number of hydrogen-bond donors (Lipinski definition) is 1. The molecule has 1 heterocycles. The summed E-state index contributed by atoms with van der Waals surface area (Å²) in [5.74, 6) is 0.0230. The van der Waals surface area contributed by atoms with E-state index in [0.29, 0.717) is 19.0 Å². The maximum Gasteiger partial charge on any atom is 0.358 e. The Balaban J connectivity index is 1.91. The van der Waals surface area contributed by atoms with Gasteiger partial charge < -0.3 is 10.5 Å². The van der Waals surface area contributed by atoms with Crippen LogP contribution in [0.5, 0.6) is 0 Å². The summed E-state index contributed by atoms with van der Waals surface area (Å²) in [7, 11) is 0. The van der Waals surface area contributed by atoms with Crippen molar-refractivity contribution in [2.45, 2.75) is 26.3 Å². The van der Waals surface area contributed by atoms with Crippen molar-refractivity contribution in [2.24, 2.45) is 0 Å². The average molecular weight is 308 g/mol. The lowest BCUT2D eigenvalue weighted by Gasteiger charge is -2.04. The third kappa shape index (κ3) is 4.23. The molecule has 2 N–H and O–H groups in total. The van der Waals surface area contributed by atoms with E-state index in [0.717, 1.165) is 17.9 Å². The van der Waals surface area contributed by atoms with Crippen LogP contribution in [0.25, 0.3) is 0 Å². The first kappa shape index (κ1) is 15.4. The number of rotatable bonds is 6. The Morgan fingerprint density at radius 3 is 2.76 bits per heavy atom. The van der Waals surface area contributed by atoms with Gasteiger partial charge in [0.1, 0.15) is 5.82 Å². The Hall–Kier alpha value is -2.01. The molecule has 1 aromatic carbocycles. The SMILES string of the molecule is CCOC(=O)c1cc(N)n(CCCc2ccc(Cl)cc2)n1. The van der Waals surface area contributed by atoms with Crippen LogP contribution in [0.1, 0.15) is 29.4 Å². The van der Waals surface area contributed by atoms with E-state index in [1.807, 2.05) is 24.3 Å². The van der Waals surface area contributed by atoms with Crippen molar-refractivity contribution < 1.29 is 9.53 Å². The van der Waals surface area contributed by atoms with Crippen LogP contribution in [0.4, 0.5) is 5.82 Å². The minimum atomic E-state index is -0.444. The van der Waals surface area contributed by atoms with Crippen LogP contribution in [-0.4, -0.2) is 22.4 Å². The van der Waals surface area contributed by atoms with Gasteiger partial charge in [0.2, 0.25) is 0 Å². The van der Waals surface area contributed by atoms with Gasteiger partial charge in [-0.25, -0.2) is 9.48 Å². The minimum absolute atomic E-state index is 0.251. The predicted molar refractivity (Wildman–Crippen MR) is 82.4 cm³/mol. The Bertz CT molecular complexity index is 608. The summed E-state index contributed by atoms with van der Waals surface area (Å²) in [6, 6.07) is 9.29. The van der Waals surface area contributed by atoms with Crippen LogP contribution < -0.4 is 5.73 Å². The summed E-state index contributed by atoms with van der Waals surface area (Å²) in [6.07, 6.45) is 1.76. The molecule has 0 unspecified atom stereocenters. The molecule has 112 valence electrons. The smallest absolute Gasteiger partial charge is 0.358 e. The first-order valence-electron chi connectivity index (χ1n) is 6.85. The summed E-state index contributed by atoms with van der Waals surface area (Å²) < 4.78 is 6.53. The molecule has 0 aliphatic rings.